The Balaban J connectivity index is 2.98. The van der Waals surface area contributed by atoms with Gasteiger partial charge in [0, 0.05) is 0 Å². The first-order chi connectivity index (χ1) is 4.30. The standard InChI is InChI=1S/C7H6O2/c8-7(9)6-4-2-1-3-5-6/h1-5H,(H,8,9)/i1+2,2+2,3+2,4+2,5+2,6+2. The molecule has 0 bridgehead atoms. The molecule has 0 saturated carbocycles. The molecule has 0 aromatic heterocycles. The maximum Gasteiger partial charge on any atom is 0.335 e. The third-order valence-electron chi connectivity index (χ3n) is 1.02. The fourth-order valence-corrected chi connectivity index (χ4v) is 0.581. The maximum absolute atomic E-state index is 10.2. The predicted molar refractivity (Wildman–Crippen MR) is 33.4 cm³/mol. The molecule has 1 N–H and O–H groups in total. The summed E-state index contributed by atoms with van der Waals surface area (Å²) in [6, 6.07) is 8.30. The summed E-state index contributed by atoms with van der Waals surface area (Å²) in [5.41, 5.74) is 0.331. The van der Waals surface area contributed by atoms with Gasteiger partial charge in [-0.1, -0.05) is 18.2 Å². The van der Waals surface area contributed by atoms with Crippen LogP contribution in [-0.4, -0.2) is 11.1 Å². The van der Waals surface area contributed by atoms with E-state index in [4.69, 9.17) is 5.11 Å². The molecule has 0 spiro atoms. The van der Waals surface area contributed by atoms with E-state index >= 15 is 0 Å². The van der Waals surface area contributed by atoms with Crippen molar-refractivity contribution in [3.63, 3.8) is 0 Å². The monoisotopic (exact) mass is 134 g/mol. The first-order valence-corrected chi connectivity index (χ1v) is 2.59. The SMILES string of the molecule is O=C(O)[14c]1[14cH][14cH][14cH][14cH][14cH]1. The average molecular weight is 134 g/mol. The highest BCUT2D eigenvalue weighted by Crippen LogP contribution is 1.96. The summed E-state index contributed by atoms with van der Waals surface area (Å²) >= 11 is 0. The lowest BCUT2D eigenvalue weighted by Crippen LogP contribution is -1.93. The quantitative estimate of drug-likeness (QED) is 0.630. The van der Waals surface area contributed by atoms with Crippen LogP contribution < -0.4 is 0 Å². The Morgan fingerprint density at radius 2 is 1.78 bits per heavy atom. The molecule has 2 nitrogen and oxygen atoms in total. The molecule has 0 aliphatic heterocycles. The van der Waals surface area contributed by atoms with Gasteiger partial charge in [0.1, 0.15) is 0 Å². The van der Waals surface area contributed by atoms with Crippen LogP contribution in [0, 0.1) is 0 Å². The summed E-state index contributed by atoms with van der Waals surface area (Å²) in [6.07, 6.45) is 0. The van der Waals surface area contributed by atoms with E-state index in [-0.39, 0.29) is 0 Å². The van der Waals surface area contributed by atoms with E-state index in [1.165, 1.54) is 0 Å². The third-order valence-corrected chi connectivity index (χ3v) is 1.02. The van der Waals surface area contributed by atoms with Crippen LogP contribution in [0.4, 0.5) is 0 Å². The van der Waals surface area contributed by atoms with Crippen molar-refractivity contribution in [2.24, 2.45) is 0 Å². The molecule has 0 unspecified atom stereocenters. The Morgan fingerprint density at radius 3 is 2.11 bits per heavy atom. The summed E-state index contributed by atoms with van der Waals surface area (Å²) in [4.78, 5) is 10.2. The van der Waals surface area contributed by atoms with Crippen molar-refractivity contribution in [2.75, 3.05) is 0 Å². The first-order valence-electron chi connectivity index (χ1n) is 2.59. The van der Waals surface area contributed by atoms with Crippen molar-refractivity contribution < 1.29 is 9.90 Å². The number of aromatic carboxylic acids is 1. The van der Waals surface area contributed by atoms with Crippen molar-refractivity contribution in [3.05, 3.63) is 35.9 Å². The highest BCUT2D eigenvalue weighted by atomic mass is 16.4. The van der Waals surface area contributed by atoms with Gasteiger partial charge in [-0.05, 0) is 12.1 Å². The highest BCUT2D eigenvalue weighted by Gasteiger charge is 1.96. The average Bonchev–Trinajstić information content (AvgIpc) is 1.90. The van der Waals surface area contributed by atoms with Crippen molar-refractivity contribution in [1.29, 1.82) is 0 Å². The zero-order chi connectivity index (χ0) is 6.69. The molecule has 9 heavy (non-hydrogen) atoms. The van der Waals surface area contributed by atoms with Crippen LogP contribution in [0.25, 0.3) is 0 Å². The van der Waals surface area contributed by atoms with Gasteiger partial charge in [-0.25, -0.2) is 4.79 Å². The second-order valence-electron chi connectivity index (χ2n) is 1.67. The van der Waals surface area contributed by atoms with Crippen LogP contribution >= 0.6 is 0 Å². The zero-order valence-corrected chi connectivity index (χ0v) is 4.74. The Bertz CT molecular complexity index is 203. The van der Waals surface area contributed by atoms with E-state index in [0.717, 1.165) is 0 Å². The number of carboxylic acid groups (broad SMARTS) is 1. The van der Waals surface area contributed by atoms with Crippen LogP contribution in [-0.2, 0) is 0 Å². The Morgan fingerprint density at radius 1 is 1.22 bits per heavy atom. The number of carboxylic acids is 1. The lowest BCUT2D eigenvalue weighted by atomic mass is 11.2. The van der Waals surface area contributed by atoms with Gasteiger partial charge < -0.3 is 5.11 Å². The molecule has 0 aliphatic rings. The Labute approximate surface area is 52.8 Å². The number of carbonyl (C=O) groups is 1. The minimum absolute atomic E-state index is 0.331. The summed E-state index contributed by atoms with van der Waals surface area (Å²) in [5, 5.41) is 8.38. The second kappa shape index (κ2) is 2.31. The van der Waals surface area contributed by atoms with Crippen LogP contribution in [0.15, 0.2) is 30.3 Å². The Kier molecular flexibility index (Phi) is 1.49. The molecule has 0 heterocycles. The van der Waals surface area contributed by atoms with E-state index < -0.39 is 5.97 Å². The largest absolute Gasteiger partial charge is 0.478 e. The smallest absolute Gasteiger partial charge is 0.335 e. The summed E-state index contributed by atoms with van der Waals surface area (Å²) in [6.45, 7) is 0. The van der Waals surface area contributed by atoms with Gasteiger partial charge in [0.25, 0.3) is 0 Å². The topological polar surface area (TPSA) is 37.3 Å². The van der Waals surface area contributed by atoms with Crippen molar-refractivity contribution in [2.45, 2.75) is 0 Å². The Hall–Kier alpha value is -1.31. The van der Waals surface area contributed by atoms with Crippen molar-refractivity contribution in [3.8, 4) is 0 Å². The van der Waals surface area contributed by atoms with Crippen LogP contribution in [0.2, 0.25) is 0 Å². The minimum Gasteiger partial charge on any atom is -0.478 e. The lowest BCUT2D eigenvalue weighted by Gasteiger charge is -1.88. The van der Waals surface area contributed by atoms with Crippen molar-refractivity contribution >= 4 is 5.97 Å². The van der Waals surface area contributed by atoms with Gasteiger partial charge in [-0.2, -0.15) is 0 Å². The molecule has 0 radical (unpaired) electrons. The van der Waals surface area contributed by atoms with Crippen LogP contribution in [0.3, 0.4) is 0 Å². The predicted octanol–water partition coefficient (Wildman–Crippen LogP) is 1.38. The number of benzene rings is 1. The van der Waals surface area contributed by atoms with Gasteiger partial charge >= 0.3 is 5.97 Å². The van der Waals surface area contributed by atoms with E-state index in [1.807, 2.05) is 0 Å². The molecule has 1 aromatic rings. The molecular weight excluding hydrogens is 128 g/mol. The van der Waals surface area contributed by atoms with Gasteiger partial charge in [0.15, 0.2) is 0 Å². The molecule has 0 amide bonds. The van der Waals surface area contributed by atoms with E-state index in [0.29, 0.717) is 5.56 Å². The third kappa shape index (κ3) is 1.29. The van der Waals surface area contributed by atoms with Gasteiger partial charge in [-0.15, -0.1) is 0 Å². The summed E-state index contributed by atoms with van der Waals surface area (Å²) in [5.74, 6) is -0.879. The summed E-state index contributed by atoms with van der Waals surface area (Å²) < 4.78 is 0. The molecule has 46 valence electrons. The zero-order valence-electron chi connectivity index (χ0n) is 4.74. The number of hydrogen-bond donors (Lipinski definition) is 1. The van der Waals surface area contributed by atoms with Gasteiger partial charge in [-0.3, -0.25) is 0 Å². The number of hydrogen-bond acceptors (Lipinski definition) is 1. The van der Waals surface area contributed by atoms with Crippen LogP contribution in [0.5, 0.6) is 0 Å². The van der Waals surface area contributed by atoms with E-state index in [1.54, 1.807) is 30.3 Å². The molecular formula is C7H6O2. The normalized spacial score (nSPS) is 8.89. The van der Waals surface area contributed by atoms with E-state index in [9.17, 15) is 4.79 Å². The maximum atomic E-state index is 10.2. The fourth-order valence-electron chi connectivity index (χ4n) is 0.581. The molecule has 0 aliphatic carbocycles. The molecule has 1 aromatic carbocycles. The van der Waals surface area contributed by atoms with E-state index in [2.05, 4.69) is 0 Å². The highest BCUT2D eigenvalue weighted by molar-refractivity contribution is 5.87. The number of rotatable bonds is 1. The van der Waals surface area contributed by atoms with Gasteiger partial charge in [0.2, 0.25) is 0 Å². The fraction of sp³-hybridized carbons (Fsp3) is 0. The first kappa shape index (κ1) is 5.82. The lowest BCUT2D eigenvalue weighted by molar-refractivity contribution is 0.0697. The molecule has 1 rings (SSSR count). The molecule has 0 fully saturated rings. The molecule has 0 saturated heterocycles. The minimum atomic E-state index is -0.879. The molecule has 0 atom stereocenters. The summed E-state index contributed by atoms with van der Waals surface area (Å²) in [7, 11) is 0. The van der Waals surface area contributed by atoms with Gasteiger partial charge in [0.05, 0.1) is 5.56 Å². The second-order valence-corrected chi connectivity index (χ2v) is 1.67. The van der Waals surface area contributed by atoms with Crippen LogP contribution in [0.1, 0.15) is 10.4 Å². The molecule has 2 heteroatoms. The van der Waals surface area contributed by atoms with Crippen molar-refractivity contribution in [1.82, 2.24) is 0 Å².